The van der Waals surface area contributed by atoms with Crippen molar-refractivity contribution in [2.75, 3.05) is 50.3 Å². The molecule has 0 radical (unpaired) electrons. The predicted octanol–water partition coefficient (Wildman–Crippen LogP) is 30.3. The highest BCUT2D eigenvalue weighted by Gasteiger charge is 2.24. The number of nitrogens with one attached hydrogen (secondary N) is 2. The van der Waals surface area contributed by atoms with Gasteiger partial charge in [0, 0.05) is 28.1 Å². The molecule has 0 bridgehead atoms. The lowest BCUT2D eigenvalue weighted by Gasteiger charge is -2.20. The predicted molar refractivity (Wildman–Crippen MR) is 452 cm³/mol. The molecule has 0 heterocycles. The number of rotatable bonds is 76. The molecular formula is C95H162N2O8. The number of amides is 2. The summed E-state index contributed by atoms with van der Waals surface area (Å²) in [5, 5.41) is 6.46. The fourth-order valence-corrected chi connectivity index (χ4v) is 14.2. The molecule has 105 heavy (non-hydrogen) atoms. The quantitative estimate of drug-likeness (QED) is 0.0424. The standard InChI is InChI=1S/C95H162N2O8/c1-9-16-22-28-34-40-46-52-58-64-70-100-88-78-84(79-89(101-71-65-59-53-47-41-35-29-23-17-10-2)92(88)104-74-68-62-56-50-44-38-32-26-20-13-5)94(98)96-86-76-83(15-7)77-87(82(86)8)97-95(99)85-80-90(102-72-66-60-54-48-42-36-30-24-18-11-3)93(105-75-69-63-57-51-45-39-33-27-21-14-6)91(81-85)103-73-67-61-55-49-43-37-31-25-19-12-4/h7,76-81H,9-14,16-75H2,1-6,8H3,(H,96,98)(H,97,99). The van der Waals surface area contributed by atoms with Gasteiger partial charge in [-0.25, -0.2) is 0 Å². The molecule has 0 saturated carbocycles. The molecule has 0 aliphatic rings. The first-order valence-corrected chi connectivity index (χ1v) is 45.1. The van der Waals surface area contributed by atoms with E-state index in [4.69, 9.17) is 34.8 Å². The first kappa shape index (κ1) is 94.2. The monoisotopic (exact) mass is 1460 g/mol. The van der Waals surface area contributed by atoms with Crippen molar-refractivity contribution in [1.82, 2.24) is 0 Å². The van der Waals surface area contributed by atoms with E-state index >= 15 is 9.59 Å². The number of terminal acetylenes is 1. The van der Waals surface area contributed by atoms with Crippen molar-refractivity contribution in [3.8, 4) is 46.8 Å². The van der Waals surface area contributed by atoms with Crippen LogP contribution in [0, 0.1) is 19.3 Å². The van der Waals surface area contributed by atoms with Crippen LogP contribution in [0.3, 0.4) is 0 Å². The Hall–Kier alpha value is -5.04. The number of carbonyl (C=O) groups is 2. The van der Waals surface area contributed by atoms with Crippen LogP contribution in [0.4, 0.5) is 11.4 Å². The zero-order valence-electron chi connectivity index (χ0n) is 69.5. The molecule has 0 aromatic heterocycles. The van der Waals surface area contributed by atoms with E-state index in [1.165, 1.54) is 308 Å². The molecule has 0 aliphatic carbocycles. The van der Waals surface area contributed by atoms with Crippen molar-refractivity contribution < 1.29 is 38.0 Å². The number of hydrogen-bond donors (Lipinski definition) is 2. The molecule has 2 N–H and O–H groups in total. The molecule has 10 heteroatoms. The molecule has 0 spiro atoms. The van der Waals surface area contributed by atoms with E-state index in [1.54, 1.807) is 12.1 Å². The van der Waals surface area contributed by atoms with Gasteiger partial charge in [0.25, 0.3) is 11.8 Å². The second-order valence-corrected chi connectivity index (χ2v) is 31.0. The lowest BCUT2D eigenvalue weighted by Crippen LogP contribution is -2.17. The second-order valence-electron chi connectivity index (χ2n) is 31.0. The van der Waals surface area contributed by atoms with E-state index in [0.717, 1.165) is 77.0 Å². The zero-order chi connectivity index (χ0) is 75.4. The van der Waals surface area contributed by atoms with E-state index in [1.807, 2.05) is 31.2 Å². The number of carbonyl (C=O) groups excluding carboxylic acids is 2. The molecule has 0 fully saturated rings. The molecule has 3 aromatic rings. The Morgan fingerprint density at radius 1 is 0.267 bits per heavy atom. The Morgan fingerprint density at radius 3 is 0.619 bits per heavy atom. The lowest BCUT2D eigenvalue weighted by molar-refractivity contribution is 0.101. The van der Waals surface area contributed by atoms with E-state index in [-0.39, 0.29) is 11.8 Å². The summed E-state index contributed by atoms with van der Waals surface area (Å²) in [7, 11) is 0. The maximum absolute atomic E-state index is 15.0. The Balaban J connectivity index is 2.00. The smallest absolute Gasteiger partial charge is 0.255 e. The van der Waals surface area contributed by atoms with Gasteiger partial charge in [0.2, 0.25) is 11.5 Å². The molecule has 0 atom stereocenters. The highest BCUT2D eigenvalue weighted by atomic mass is 16.5. The summed E-state index contributed by atoms with van der Waals surface area (Å²) in [4.78, 5) is 30.0. The topological polar surface area (TPSA) is 114 Å². The average molecular weight is 1460 g/mol. The van der Waals surface area contributed by atoms with Crippen molar-refractivity contribution in [2.24, 2.45) is 0 Å². The van der Waals surface area contributed by atoms with Gasteiger partial charge < -0.3 is 39.1 Å². The highest BCUT2D eigenvalue weighted by Crippen LogP contribution is 2.42. The van der Waals surface area contributed by atoms with Gasteiger partial charge in [0.1, 0.15) is 0 Å². The van der Waals surface area contributed by atoms with E-state index in [2.05, 4.69) is 58.1 Å². The SMILES string of the molecule is C#Cc1cc(NC(=O)c2cc(OCCCCCCCCCCCC)c(OCCCCCCCCCCCC)c(OCCCCCCCCCCCC)c2)c(C)c(NC(=O)c2cc(OCCCCCCCCCCCC)c(OCCCCCCCCCCCC)c(OCCCCCCCCCCCC)c2)c1. The third kappa shape index (κ3) is 48.2. The van der Waals surface area contributed by atoms with Gasteiger partial charge in [-0.3, -0.25) is 9.59 Å². The maximum Gasteiger partial charge on any atom is 0.255 e. The van der Waals surface area contributed by atoms with Gasteiger partial charge in [-0.05, 0) is 87.4 Å². The van der Waals surface area contributed by atoms with Crippen LogP contribution in [0.25, 0.3) is 0 Å². The number of anilines is 2. The largest absolute Gasteiger partial charge is 0.490 e. The normalized spacial score (nSPS) is 11.3. The molecule has 0 aliphatic heterocycles. The van der Waals surface area contributed by atoms with Gasteiger partial charge in [0.15, 0.2) is 23.0 Å². The van der Waals surface area contributed by atoms with Crippen LogP contribution in [-0.4, -0.2) is 51.5 Å². The summed E-state index contributed by atoms with van der Waals surface area (Å²) >= 11 is 0. The number of ether oxygens (including phenoxy) is 6. The fourth-order valence-electron chi connectivity index (χ4n) is 14.2. The summed E-state index contributed by atoms with van der Waals surface area (Å²) < 4.78 is 40.4. The number of benzene rings is 3. The van der Waals surface area contributed by atoms with Crippen LogP contribution in [0.5, 0.6) is 34.5 Å². The van der Waals surface area contributed by atoms with Crippen molar-refractivity contribution in [3.63, 3.8) is 0 Å². The van der Waals surface area contributed by atoms with E-state index < -0.39 is 0 Å². The minimum Gasteiger partial charge on any atom is -0.490 e. The molecule has 600 valence electrons. The highest BCUT2D eigenvalue weighted by molar-refractivity contribution is 6.08. The van der Waals surface area contributed by atoms with Crippen LogP contribution in [0.2, 0.25) is 0 Å². The molecule has 2 amide bonds. The third-order valence-corrected chi connectivity index (χ3v) is 21.1. The van der Waals surface area contributed by atoms with Crippen LogP contribution in [0.1, 0.15) is 459 Å². The van der Waals surface area contributed by atoms with Crippen molar-refractivity contribution >= 4 is 23.2 Å². The van der Waals surface area contributed by atoms with Crippen LogP contribution < -0.4 is 39.1 Å². The first-order chi connectivity index (χ1) is 51.7. The third-order valence-electron chi connectivity index (χ3n) is 21.1. The lowest BCUT2D eigenvalue weighted by atomic mass is 10.1. The van der Waals surface area contributed by atoms with Crippen molar-refractivity contribution in [3.05, 3.63) is 58.7 Å². The molecule has 3 rings (SSSR count). The van der Waals surface area contributed by atoms with Gasteiger partial charge in [0.05, 0.1) is 39.6 Å². The minimum absolute atomic E-state index is 0.347. The average Bonchev–Trinajstić information content (AvgIpc) is 0.805. The van der Waals surface area contributed by atoms with Crippen LogP contribution >= 0.6 is 0 Å². The molecule has 10 nitrogen and oxygen atoms in total. The molecule has 0 saturated heterocycles. The van der Waals surface area contributed by atoms with E-state index in [9.17, 15) is 0 Å². The van der Waals surface area contributed by atoms with Gasteiger partial charge in [-0.1, -0.05) is 394 Å². The van der Waals surface area contributed by atoms with Gasteiger partial charge in [-0.15, -0.1) is 6.42 Å². The van der Waals surface area contributed by atoms with Crippen molar-refractivity contribution in [1.29, 1.82) is 0 Å². The van der Waals surface area contributed by atoms with Gasteiger partial charge >= 0.3 is 0 Å². The Bertz CT molecular complexity index is 2330. The first-order valence-electron chi connectivity index (χ1n) is 45.1. The molecule has 0 unspecified atom stereocenters. The number of unbranched alkanes of at least 4 members (excludes halogenated alkanes) is 54. The Labute approximate surface area is 647 Å². The summed E-state index contributed by atoms with van der Waals surface area (Å²) in [6, 6.07) is 10.9. The molecular weight excluding hydrogens is 1300 g/mol. The summed E-state index contributed by atoms with van der Waals surface area (Å²) in [6.07, 6.45) is 80.1. The zero-order valence-corrected chi connectivity index (χ0v) is 69.5. The van der Waals surface area contributed by atoms with E-state index in [0.29, 0.717) is 108 Å². The van der Waals surface area contributed by atoms with Crippen molar-refractivity contribution in [2.45, 2.75) is 434 Å². The summed E-state index contributed by atoms with van der Waals surface area (Å²) in [5.41, 5.74) is 2.93. The summed E-state index contributed by atoms with van der Waals surface area (Å²) in [5.74, 6) is 5.38. The Morgan fingerprint density at radius 2 is 0.438 bits per heavy atom. The summed E-state index contributed by atoms with van der Waals surface area (Å²) in [6.45, 7) is 18.7. The Kier molecular flexibility index (Phi) is 61.2. The second kappa shape index (κ2) is 68.2. The van der Waals surface area contributed by atoms with Gasteiger partial charge in [-0.2, -0.15) is 0 Å². The van der Waals surface area contributed by atoms with Crippen LogP contribution in [0.15, 0.2) is 36.4 Å². The van der Waals surface area contributed by atoms with Crippen LogP contribution in [-0.2, 0) is 0 Å². The maximum atomic E-state index is 15.0. The fraction of sp³-hybridized carbons (Fsp3) is 0.768. The minimum atomic E-state index is -0.347. The number of hydrogen-bond acceptors (Lipinski definition) is 8. The molecule has 3 aromatic carbocycles.